The molecule has 5 heteroatoms. The van der Waals surface area contributed by atoms with E-state index in [1.54, 1.807) is 0 Å². The summed E-state index contributed by atoms with van der Waals surface area (Å²) in [4.78, 5) is 9.13. The lowest BCUT2D eigenvalue weighted by Gasteiger charge is -2.08. The number of rotatable bonds is 2. The van der Waals surface area contributed by atoms with E-state index < -0.39 is 0 Å². The van der Waals surface area contributed by atoms with Crippen LogP contribution in [0.4, 0.5) is 0 Å². The highest BCUT2D eigenvalue weighted by Crippen LogP contribution is 2.42. The molecule has 3 rings (SSSR count). The standard InChI is InChI=1S/C14H11BrClIN2/c1-7-6-9(4-5-10(7)15)14-18-12(8-2-3-8)11(17)13(16)19-14/h4-6,8H,2-3H2,1H3. The van der Waals surface area contributed by atoms with Gasteiger partial charge in [-0.25, -0.2) is 9.97 Å². The van der Waals surface area contributed by atoms with Crippen LogP contribution in [0.15, 0.2) is 22.7 Å². The fourth-order valence-electron chi connectivity index (χ4n) is 1.98. The van der Waals surface area contributed by atoms with Crippen LogP contribution < -0.4 is 0 Å². The lowest BCUT2D eigenvalue weighted by atomic mass is 10.1. The van der Waals surface area contributed by atoms with Gasteiger partial charge in [-0.1, -0.05) is 33.6 Å². The maximum atomic E-state index is 6.24. The van der Waals surface area contributed by atoms with E-state index in [1.165, 1.54) is 18.4 Å². The average molecular weight is 450 g/mol. The zero-order chi connectivity index (χ0) is 13.6. The minimum absolute atomic E-state index is 0.563. The highest BCUT2D eigenvalue weighted by Gasteiger charge is 2.29. The number of hydrogen-bond acceptors (Lipinski definition) is 2. The number of aryl methyl sites for hydroxylation is 1. The maximum absolute atomic E-state index is 6.24. The predicted octanol–water partition coefficient (Wildman–Crippen LogP) is 5.35. The molecule has 1 saturated carbocycles. The van der Waals surface area contributed by atoms with Gasteiger partial charge in [-0.05, 0) is 60.1 Å². The first-order valence-corrected chi connectivity index (χ1v) is 8.30. The third kappa shape index (κ3) is 2.81. The van der Waals surface area contributed by atoms with Crippen LogP contribution in [0.3, 0.4) is 0 Å². The third-order valence-corrected chi connectivity index (χ3v) is 5.76. The van der Waals surface area contributed by atoms with Crippen molar-refractivity contribution in [1.29, 1.82) is 0 Å². The zero-order valence-electron chi connectivity index (χ0n) is 10.3. The molecule has 1 fully saturated rings. The lowest BCUT2D eigenvalue weighted by Crippen LogP contribution is -1.99. The molecule has 0 spiro atoms. The molecule has 1 heterocycles. The van der Waals surface area contributed by atoms with E-state index in [9.17, 15) is 0 Å². The smallest absolute Gasteiger partial charge is 0.161 e. The van der Waals surface area contributed by atoms with Gasteiger partial charge in [0, 0.05) is 16.0 Å². The Labute approximate surface area is 139 Å². The van der Waals surface area contributed by atoms with Crippen molar-refractivity contribution in [2.24, 2.45) is 0 Å². The minimum atomic E-state index is 0.563. The second-order valence-electron chi connectivity index (χ2n) is 4.78. The van der Waals surface area contributed by atoms with Crippen molar-refractivity contribution in [3.63, 3.8) is 0 Å². The second-order valence-corrected chi connectivity index (χ2v) is 7.07. The van der Waals surface area contributed by atoms with Crippen molar-refractivity contribution in [3.05, 3.63) is 42.7 Å². The molecule has 0 aliphatic heterocycles. The lowest BCUT2D eigenvalue weighted by molar-refractivity contribution is 0.978. The number of benzene rings is 1. The second kappa shape index (κ2) is 5.30. The minimum Gasteiger partial charge on any atom is -0.232 e. The SMILES string of the molecule is Cc1cc(-c2nc(Cl)c(I)c(C3CC3)n2)ccc1Br. The fourth-order valence-corrected chi connectivity index (χ4v) is 3.08. The van der Waals surface area contributed by atoms with Crippen molar-refractivity contribution in [3.8, 4) is 11.4 Å². The van der Waals surface area contributed by atoms with Crippen LogP contribution >= 0.6 is 50.1 Å². The fraction of sp³-hybridized carbons (Fsp3) is 0.286. The average Bonchev–Trinajstić information content (AvgIpc) is 3.20. The normalized spacial score (nSPS) is 14.7. The molecule has 0 radical (unpaired) electrons. The molecule has 0 unspecified atom stereocenters. The Balaban J connectivity index is 2.11. The van der Waals surface area contributed by atoms with Gasteiger partial charge in [0.1, 0.15) is 5.15 Å². The van der Waals surface area contributed by atoms with Crippen molar-refractivity contribution in [2.45, 2.75) is 25.7 Å². The maximum Gasteiger partial charge on any atom is 0.161 e. The van der Waals surface area contributed by atoms with Gasteiger partial charge in [-0.2, -0.15) is 0 Å². The van der Waals surface area contributed by atoms with Gasteiger partial charge in [0.05, 0.1) is 9.26 Å². The third-order valence-electron chi connectivity index (χ3n) is 3.22. The van der Waals surface area contributed by atoms with E-state index in [-0.39, 0.29) is 0 Å². The number of aromatic nitrogens is 2. The Morgan fingerprint density at radius 2 is 2.05 bits per heavy atom. The number of halogens is 3. The van der Waals surface area contributed by atoms with Crippen LogP contribution in [0.5, 0.6) is 0 Å². The quantitative estimate of drug-likeness (QED) is 0.456. The molecular weight excluding hydrogens is 438 g/mol. The molecule has 1 aromatic carbocycles. The molecule has 19 heavy (non-hydrogen) atoms. The Kier molecular flexibility index (Phi) is 3.84. The molecule has 0 amide bonds. The van der Waals surface area contributed by atoms with Crippen LogP contribution in [-0.2, 0) is 0 Å². The van der Waals surface area contributed by atoms with E-state index in [2.05, 4.69) is 56.5 Å². The first kappa shape index (κ1) is 13.8. The molecule has 1 aliphatic carbocycles. The summed E-state index contributed by atoms with van der Waals surface area (Å²) in [6.45, 7) is 2.06. The zero-order valence-corrected chi connectivity index (χ0v) is 14.8. The molecule has 0 saturated heterocycles. The molecule has 98 valence electrons. The predicted molar refractivity (Wildman–Crippen MR) is 89.6 cm³/mol. The Morgan fingerprint density at radius 3 is 2.68 bits per heavy atom. The van der Waals surface area contributed by atoms with Crippen LogP contribution in [-0.4, -0.2) is 9.97 Å². The molecule has 0 bridgehead atoms. The highest BCUT2D eigenvalue weighted by atomic mass is 127. The van der Waals surface area contributed by atoms with Gasteiger partial charge in [0.2, 0.25) is 0 Å². The van der Waals surface area contributed by atoms with Crippen LogP contribution in [0.1, 0.15) is 30.0 Å². The van der Waals surface area contributed by atoms with Crippen molar-refractivity contribution >= 4 is 50.1 Å². The van der Waals surface area contributed by atoms with Crippen molar-refractivity contribution in [1.82, 2.24) is 9.97 Å². The van der Waals surface area contributed by atoms with Gasteiger partial charge in [-0.15, -0.1) is 0 Å². The first-order valence-electron chi connectivity index (χ1n) is 6.05. The van der Waals surface area contributed by atoms with E-state index in [0.29, 0.717) is 11.1 Å². The van der Waals surface area contributed by atoms with E-state index in [0.717, 1.165) is 25.1 Å². The van der Waals surface area contributed by atoms with Crippen LogP contribution in [0.25, 0.3) is 11.4 Å². The van der Waals surface area contributed by atoms with E-state index in [4.69, 9.17) is 16.6 Å². The van der Waals surface area contributed by atoms with Gasteiger partial charge in [-0.3, -0.25) is 0 Å². The van der Waals surface area contributed by atoms with Gasteiger partial charge < -0.3 is 0 Å². The van der Waals surface area contributed by atoms with E-state index >= 15 is 0 Å². The topological polar surface area (TPSA) is 25.8 Å². The van der Waals surface area contributed by atoms with Crippen LogP contribution in [0, 0.1) is 10.5 Å². The summed E-state index contributed by atoms with van der Waals surface area (Å²) in [7, 11) is 0. The van der Waals surface area contributed by atoms with E-state index in [1.807, 2.05) is 12.1 Å². The summed E-state index contributed by atoms with van der Waals surface area (Å²) in [5, 5.41) is 0.563. The Hall–Kier alpha value is -0.200. The largest absolute Gasteiger partial charge is 0.232 e. The molecule has 0 atom stereocenters. The molecule has 0 N–H and O–H groups in total. The summed E-state index contributed by atoms with van der Waals surface area (Å²) in [5.74, 6) is 1.30. The Morgan fingerprint density at radius 1 is 1.32 bits per heavy atom. The molecular formula is C14H11BrClIN2. The van der Waals surface area contributed by atoms with Crippen molar-refractivity contribution < 1.29 is 0 Å². The summed E-state index contributed by atoms with van der Waals surface area (Å²) in [6.07, 6.45) is 2.42. The molecule has 1 aromatic heterocycles. The first-order chi connectivity index (χ1) is 9.06. The monoisotopic (exact) mass is 448 g/mol. The highest BCUT2D eigenvalue weighted by molar-refractivity contribution is 14.1. The van der Waals surface area contributed by atoms with Crippen LogP contribution in [0.2, 0.25) is 5.15 Å². The summed E-state index contributed by atoms with van der Waals surface area (Å²) >= 11 is 12.0. The summed E-state index contributed by atoms with van der Waals surface area (Å²) in [5.41, 5.74) is 3.29. The van der Waals surface area contributed by atoms with Crippen molar-refractivity contribution in [2.75, 3.05) is 0 Å². The summed E-state index contributed by atoms with van der Waals surface area (Å²) < 4.78 is 2.09. The summed E-state index contributed by atoms with van der Waals surface area (Å²) in [6, 6.07) is 6.13. The van der Waals surface area contributed by atoms with Gasteiger partial charge in [0.15, 0.2) is 5.82 Å². The number of hydrogen-bond donors (Lipinski definition) is 0. The molecule has 2 nitrogen and oxygen atoms in total. The molecule has 2 aromatic rings. The molecule has 1 aliphatic rings. The van der Waals surface area contributed by atoms with Gasteiger partial charge >= 0.3 is 0 Å². The Bertz CT molecular complexity index is 656. The number of nitrogens with zero attached hydrogens (tertiary/aromatic N) is 2. The van der Waals surface area contributed by atoms with Gasteiger partial charge in [0.25, 0.3) is 0 Å².